The Hall–Kier alpha value is -3.05. The summed E-state index contributed by atoms with van der Waals surface area (Å²) in [6.07, 6.45) is 0. The van der Waals surface area contributed by atoms with Gasteiger partial charge in [0.2, 0.25) is 0 Å². The van der Waals surface area contributed by atoms with Crippen LogP contribution in [0.3, 0.4) is 0 Å². The van der Waals surface area contributed by atoms with Gasteiger partial charge in [-0.05, 0) is 0 Å². The monoisotopic (exact) mass is 614 g/mol. The maximum atomic E-state index is 11.8. The first-order chi connectivity index (χ1) is 15.0. The molecule has 0 saturated heterocycles. The number of esters is 3. The van der Waals surface area contributed by atoms with Gasteiger partial charge in [0.15, 0.2) is 0 Å². The van der Waals surface area contributed by atoms with Crippen molar-refractivity contribution in [2.45, 2.75) is 0 Å². The zero-order chi connectivity index (χ0) is 22.4. The van der Waals surface area contributed by atoms with E-state index in [2.05, 4.69) is 0 Å². The third-order valence-electron chi connectivity index (χ3n) is 4.64. The van der Waals surface area contributed by atoms with Crippen LogP contribution in [0.1, 0.15) is 31.1 Å². The number of ether oxygens (including phenoxy) is 3. The summed E-state index contributed by atoms with van der Waals surface area (Å²) in [5, 5.41) is 0. The molecule has 0 radical (unpaired) electrons. The van der Waals surface area contributed by atoms with Crippen LogP contribution in [-0.4, -0.2) is 61.0 Å². The van der Waals surface area contributed by atoms with Gasteiger partial charge in [-0.15, -0.1) is 0 Å². The molecule has 3 rings (SSSR count). The molecule has 0 aliphatic carbocycles. The number of benzene rings is 3. The fraction of sp³-hybridized carbons (Fsp3) is 0.125. The van der Waals surface area contributed by atoms with Crippen LogP contribution < -0.4 is 9.81 Å². The van der Waals surface area contributed by atoms with E-state index in [-0.39, 0.29) is 17.9 Å². The van der Waals surface area contributed by atoms with E-state index in [4.69, 9.17) is 14.2 Å². The molecule has 0 aliphatic heterocycles. The molecule has 0 spiro atoms. The van der Waals surface area contributed by atoms with E-state index >= 15 is 0 Å². The number of carbonyl (C=O) groups excluding carboxylic acids is 3. The van der Waals surface area contributed by atoms with Crippen molar-refractivity contribution in [3.63, 3.8) is 0 Å². The number of rotatable bonds is 6. The number of methoxy groups -OCH3 is 3. The molecule has 0 unspecified atom stereocenters. The molecule has 3 aromatic rings. The summed E-state index contributed by atoms with van der Waals surface area (Å²) < 4.78 is 17.8. The standard InChI is InChI=1S/3C8H7O2.Bi/c3*1-10-8(9)7-5-3-2-4-6-7;/h3*3-6H,1H3;. The average Bonchev–Trinajstić information content (AvgIpc) is 2.84. The van der Waals surface area contributed by atoms with Crippen molar-refractivity contribution in [1.82, 2.24) is 0 Å². The van der Waals surface area contributed by atoms with Crippen molar-refractivity contribution >= 4 is 49.5 Å². The summed E-state index contributed by atoms with van der Waals surface area (Å²) in [6, 6.07) is 22.3. The molecule has 0 saturated carbocycles. The van der Waals surface area contributed by atoms with Crippen LogP contribution in [-0.2, 0) is 14.2 Å². The second-order valence-electron chi connectivity index (χ2n) is 6.45. The molecule has 7 heteroatoms. The third-order valence-corrected chi connectivity index (χ3v) is 14.1. The molecule has 0 atom stereocenters. The predicted octanol–water partition coefficient (Wildman–Crippen LogP) is 1.56. The summed E-state index contributed by atoms with van der Waals surface area (Å²) in [7, 11) is 4.05. The molecular formula is C24H21BiO6. The molecule has 0 aliphatic rings. The van der Waals surface area contributed by atoms with Crippen LogP contribution in [0.2, 0.25) is 0 Å². The van der Waals surface area contributed by atoms with E-state index in [1.54, 1.807) is 36.4 Å². The van der Waals surface area contributed by atoms with Gasteiger partial charge in [-0.25, -0.2) is 0 Å². The molecule has 31 heavy (non-hydrogen) atoms. The van der Waals surface area contributed by atoms with Crippen LogP contribution in [0.4, 0.5) is 0 Å². The summed E-state index contributed by atoms with van der Waals surface area (Å²) in [5.74, 6) is -1.16. The Balaban J connectivity index is 2.04. The van der Waals surface area contributed by atoms with Crippen molar-refractivity contribution in [3.05, 3.63) is 89.5 Å². The Kier molecular flexibility index (Phi) is 7.53. The SMILES string of the molecule is COC(=O)c1cc[c]([Bi]([c]2ccc(C(=O)OC)cc2)[c]2ccc(C(=O)OC)cc2)cc1. The summed E-state index contributed by atoms with van der Waals surface area (Å²) >= 11 is -2.77. The molecule has 0 aromatic heterocycles. The molecule has 0 amide bonds. The minimum atomic E-state index is -2.77. The van der Waals surface area contributed by atoms with Gasteiger partial charge in [-0.2, -0.15) is 0 Å². The van der Waals surface area contributed by atoms with Gasteiger partial charge in [-0.3, -0.25) is 0 Å². The fourth-order valence-corrected chi connectivity index (χ4v) is 11.7. The Morgan fingerprint density at radius 1 is 0.484 bits per heavy atom. The first kappa shape index (κ1) is 22.6. The molecule has 6 nitrogen and oxygen atoms in total. The fourth-order valence-electron chi connectivity index (χ4n) is 3.04. The number of carbonyl (C=O) groups is 3. The zero-order valence-corrected chi connectivity index (χ0v) is 20.8. The van der Waals surface area contributed by atoms with E-state index < -0.39 is 21.8 Å². The molecular weight excluding hydrogens is 593 g/mol. The molecule has 3 aromatic carbocycles. The van der Waals surface area contributed by atoms with E-state index in [9.17, 15) is 14.4 Å². The molecule has 158 valence electrons. The summed E-state index contributed by atoms with van der Waals surface area (Å²) in [4.78, 5) is 35.4. The summed E-state index contributed by atoms with van der Waals surface area (Å²) in [6.45, 7) is 0. The Bertz CT molecular complexity index is 931. The van der Waals surface area contributed by atoms with Gasteiger partial charge >= 0.3 is 189 Å². The van der Waals surface area contributed by atoms with Crippen LogP contribution in [0.5, 0.6) is 0 Å². The van der Waals surface area contributed by atoms with Gasteiger partial charge in [0.05, 0.1) is 0 Å². The second kappa shape index (κ2) is 10.3. The molecule has 0 fully saturated rings. The Morgan fingerprint density at radius 2 is 0.710 bits per heavy atom. The van der Waals surface area contributed by atoms with Crippen molar-refractivity contribution in [3.8, 4) is 0 Å². The number of hydrogen-bond acceptors (Lipinski definition) is 6. The summed E-state index contributed by atoms with van der Waals surface area (Å²) in [5.41, 5.74) is 1.45. The van der Waals surface area contributed by atoms with Gasteiger partial charge in [0.1, 0.15) is 0 Å². The van der Waals surface area contributed by atoms with Crippen LogP contribution in [0, 0.1) is 0 Å². The van der Waals surface area contributed by atoms with Gasteiger partial charge in [0, 0.05) is 0 Å². The van der Waals surface area contributed by atoms with E-state index in [0.29, 0.717) is 16.7 Å². The van der Waals surface area contributed by atoms with Gasteiger partial charge in [0.25, 0.3) is 0 Å². The molecule has 0 N–H and O–H groups in total. The van der Waals surface area contributed by atoms with Crippen LogP contribution in [0.25, 0.3) is 0 Å². The van der Waals surface area contributed by atoms with Crippen molar-refractivity contribution < 1.29 is 28.6 Å². The second-order valence-corrected chi connectivity index (χ2v) is 15.1. The van der Waals surface area contributed by atoms with Crippen molar-refractivity contribution in [1.29, 1.82) is 0 Å². The predicted molar refractivity (Wildman–Crippen MR) is 118 cm³/mol. The first-order valence-corrected chi connectivity index (χ1v) is 14.6. The van der Waals surface area contributed by atoms with Gasteiger partial charge in [-0.1, -0.05) is 0 Å². The van der Waals surface area contributed by atoms with Crippen LogP contribution in [0.15, 0.2) is 72.8 Å². The zero-order valence-electron chi connectivity index (χ0n) is 17.3. The third kappa shape index (κ3) is 5.17. The Labute approximate surface area is 188 Å². The van der Waals surface area contributed by atoms with E-state index in [0.717, 1.165) is 9.81 Å². The van der Waals surface area contributed by atoms with E-state index in [1.165, 1.54) is 21.3 Å². The maximum absolute atomic E-state index is 11.8. The Morgan fingerprint density at radius 3 is 0.903 bits per heavy atom. The van der Waals surface area contributed by atoms with Gasteiger partial charge < -0.3 is 0 Å². The molecule has 0 bridgehead atoms. The minimum absolute atomic E-state index is 0.387. The van der Waals surface area contributed by atoms with Crippen molar-refractivity contribution in [2.75, 3.05) is 21.3 Å². The van der Waals surface area contributed by atoms with Crippen molar-refractivity contribution in [2.24, 2.45) is 0 Å². The van der Waals surface area contributed by atoms with E-state index in [1.807, 2.05) is 36.4 Å². The molecule has 0 heterocycles. The first-order valence-electron chi connectivity index (χ1n) is 9.33. The quantitative estimate of drug-likeness (QED) is 0.239. The number of hydrogen-bond donors (Lipinski definition) is 0. The topological polar surface area (TPSA) is 78.9 Å². The normalized spacial score (nSPS) is 10.5. The average molecular weight is 614 g/mol. The van der Waals surface area contributed by atoms with Crippen LogP contribution >= 0.6 is 0 Å².